The fraction of sp³-hybridized carbons (Fsp3) is 0.368. The first-order valence-electron chi connectivity index (χ1n) is 9.14. The Kier molecular flexibility index (Phi) is 6.55. The molecule has 0 aliphatic carbocycles. The highest BCUT2D eigenvalue weighted by molar-refractivity contribution is 7.89. The molecule has 1 fully saturated rings. The van der Waals surface area contributed by atoms with Gasteiger partial charge in [0, 0.05) is 30.9 Å². The van der Waals surface area contributed by atoms with Crippen LogP contribution in [0.3, 0.4) is 0 Å². The van der Waals surface area contributed by atoms with Crippen LogP contribution in [0.2, 0.25) is 0 Å². The topological polar surface area (TPSA) is 118 Å². The number of methoxy groups -OCH3 is 1. The second-order valence-electron chi connectivity index (χ2n) is 6.69. The molecule has 1 aliphatic rings. The zero-order valence-corrected chi connectivity index (χ0v) is 16.8. The molecule has 9 nitrogen and oxygen atoms in total. The number of rotatable bonds is 6. The number of sulfonamides is 1. The van der Waals surface area contributed by atoms with Gasteiger partial charge in [-0.15, -0.1) is 0 Å². The first-order valence-corrected chi connectivity index (χ1v) is 10.6. The van der Waals surface area contributed by atoms with Crippen LogP contribution in [-0.4, -0.2) is 44.9 Å². The van der Waals surface area contributed by atoms with Gasteiger partial charge in [-0.3, -0.25) is 4.79 Å². The second-order valence-corrected chi connectivity index (χ2v) is 8.63. The van der Waals surface area contributed by atoms with Gasteiger partial charge in [0.15, 0.2) is 0 Å². The summed E-state index contributed by atoms with van der Waals surface area (Å²) in [6, 6.07) is 7.23. The second kappa shape index (κ2) is 9.10. The Hall–Kier alpha value is -2.85. The maximum atomic E-state index is 12.9. The number of nitrogens with zero attached hydrogens (tertiary/aromatic N) is 1. The van der Waals surface area contributed by atoms with E-state index in [1.165, 1.54) is 48.2 Å². The number of hydrogen-bond acceptors (Lipinski definition) is 6. The van der Waals surface area contributed by atoms with Gasteiger partial charge in [0.25, 0.3) is 0 Å². The quantitative estimate of drug-likeness (QED) is 0.690. The molecule has 0 radical (unpaired) electrons. The predicted octanol–water partition coefficient (Wildman–Crippen LogP) is 2.17. The van der Waals surface area contributed by atoms with Crippen molar-refractivity contribution in [3.63, 3.8) is 0 Å². The lowest BCUT2D eigenvalue weighted by Crippen LogP contribution is -2.42. The first kappa shape index (κ1) is 20.9. The zero-order valence-electron chi connectivity index (χ0n) is 16.0. The van der Waals surface area contributed by atoms with Crippen molar-refractivity contribution in [2.75, 3.05) is 25.5 Å². The summed E-state index contributed by atoms with van der Waals surface area (Å²) in [5.41, 5.74) is 1.29. The largest absolute Gasteiger partial charge is 0.472 e. The van der Waals surface area contributed by atoms with Crippen molar-refractivity contribution >= 4 is 27.7 Å². The van der Waals surface area contributed by atoms with Crippen molar-refractivity contribution in [1.29, 1.82) is 0 Å². The SMILES string of the molecule is COC(=O)[C@H]1CCCN(S(=O)(=O)c2ccc(NC(=O)NCc3ccoc3)cc2)C1. The van der Waals surface area contributed by atoms with Crippen molar-refractivity contribution in [3.05, 3.63) is 48.4 Å². The molecule has 2 aromatic rings. The maximum absolute atomic E-state index is 12.9. The van der Waals surface area contributed by atoms with Crippen LogP contribution < -0.4 is 10.6 Å². The van der Waals surface area contributed by atoms with Crippen LogP contribution in [0.15, 0.2) is 52.2 Å². The third-order valence-electron chi connectivity index (χ3n) is 4.70. The third-order valence-corrected chi connectivity index (χ3v) is 6.58. The lowest BCUT2D eigenvalue weighted by atomic mass is 10.0. The van der Waals surface area contributed by atoms with E-state index in [1.807, 2.05) is 0 Å². The standard InChI is InChI=1S/C19H23N3O6S/c1-27-18(23)15-3-2-9-22(12-15)29(25,26)17-6-4-16(5-7-17)21-19(24)20-11-14-8-10-28-13-14/h4-8,10,13,15H,2-3,9,11-12H2,1H3,(H2,20,21,24)/t15-/m0/s1. The number of benzene rings is 1. The third kappa shape index (κ3) is 5.15. The van der Waals surface area contributed by atoms with E-state index in [2.05, 4.69) is 10.6 Å². The van der Waals surface area contributed by atoms with Gasteiger partial charge in [-0.25, -0.2) is 13.2 Å². The first-order chi connectivity index (χ1) is 13.9. The summed E-state index contributed by atoms with van der Waals surface area (Å²) in [6.45, 7) is 0.767. The van der Waals surface area contributed by atoms with Crippen LogP contribution in [-0.2, 0) is 26.1 Å². The number of carbonyl (C=O) groups excluding carboxylic acids is 2. The molecule has 1 aromatic heterocycles. The van der Waals surface area contributed by atoms with E-state index in [4.69, 9.17) is 9.15 Å². The van der Waals surface area contributed by atoms with Crippen LogP contribution in [0.25, 0.3) is 0 Å². The number of nitrogens with one attached hydrogen (secondary N) is 2. The highest BCUT2D eigenvalue weighted by Gasteiger charge is 2.33. The van der Waals surface area contributed by atoms with Crippen LogP contribution in [0.1, 0.15) is 18.4 Å². The molecule has 1 aromatic carbocycles. The molecule has 3 rings (SSSR count). The maximum Gasteiger partial charge on any atom is 0.319 e. The van der Waals surface area contributed by atoms with E-state index < -0.39 is 27.9 Å². The molecule has 2 N–H and O–H groups in total. The van der Waals surface area contributed by atoms with Crippen LogP contribution >= 0.6 is 0 Å². The van der Waals surface area contributed by atoms with E-state index in [0.717, 1.165) is 5.56 Å². The average Bonchev–Trinajstić information content (AvgIpc) is 3.26. The number of urea groups is 1. The Labute approximate surface area is 169 Å². The minimum atomic E-state index is -3.73. The van der Waals surface area contributed by atoms with Crippen molar-refractivity contribution in [1.82, 2.24) is 9.62 Å². The fourth-order valence-electron chi connectivity index (χ4n) is 3.13. The number of esters is 1. The Balaban J connectivity index is 1.61. The molecular formula is C19H23N3O6S. The lowest BCUT2D eigenvalue weighted by Gasteiger charge is -2.30. The highest BCUT2D eigenvalue weighted by atomic mass is 32.2. The summed E-state index contributed by atoms with van der Waals surface area (Å²) in [5, 5.41) is 5.31. The summed E-state index contributed by atoms with van der Waals surface area (Å²) in [5.74, 6) is -0.853. The molecule has 2 heterocycles. The molecule has 1 atom stereocenters. The number of furan rings is 1. The molecule has 29 heavy (non-hydrogen) atoms. The molecule has 0 spiro atoms. The summed E-state index contributed by atoms with van der Waals surface area (Å²) < 4.78 is 36.7. The molecule has 2 amide bonds. The van der Waals surface area contributed by atoms with Crippen LogP contribution in [0.4, 0.5) is 10.5 Å². The minimum Gasteiger partial charge on any atom is -0.472 e. The van der Waals surface area contributed by atoms with Crippen molar-refractivity contribution in [3.8, 4) is 0 Å². The van der Waals surface area contributed by atoms with Crippen molar-refractivity contribution in [2.45, 2.75) is 24.3 Å². The van der Waals surface area contributed by atoms with Crippen molar-refractivity contribution in [2.24, 2.45) is 5.92 Å². The Morgan fingerprint density at radius 3 is 2.66 bits per heavy atom. The number of piperidine rings is 1. The summed E-state index contributed by atoms with van der Waals surface area (Å²) in [4.78, 5) is 23.8. The molecule has 1 aliphatic heterocycles. The average molecular weight is 421 g/mol. The van der Waals surface area contributed by atoms with Gasteiger partial charge < -0.3 is 19.8 Å². The normalized spacial score (nSPS) is 17.5. The van der Waals surface area contributed by atoms with Crippen LogP contribution in [0, 0.1) is 5.92 Å². The van der Waals surface area contributed by atoms with Crippen molar-refractivity contribution < 1.29 is 27.2 Å². The molecule has 0 saturated carbocycles. The van der Waals surface area contributed by atoms with E-state index >= 15 is 0 Å². The molecule has 0 bridgehead atoms. The summed E-state index contributed by atoms with van der Waals surface area (Å²) >= 11 is 0. The van der Waals surface area contributed by atoms with Gasteiger partial charge in [-0.1, -0.05) is 0 Å². The van der Waals surface area contributed by atoms with Gasteiger partial charge in [0.05, 0.1) is 30.4 Å². The van der Waals surface area contributed by atoms with Gasteiger partial charge in [-0.2, -0.15) is 4.31 Å². The number of ether oxygens (including phenoxy) is 1. The van der Waals surface area contributed by atoms with E-state index in [9.17, 15) is 18.0 Å². The van der Waals surface area contributed by atoms with E-state index in [-0.39, 0.29) is 11.4 Å². The van der Waals surface area contributed by atoms with E-state index in [0.29, 0.717) is 31.6 Å². The van der Waals surface area contributed by atoms with Gasteiger partial charge in [0.1, 0.15) is 0 Å². The summed E-state index contributed by atoms with van der Waals surface area (Å²) in [6.07, 6.45) is 4.25. The fourth-order valence-corrected chi connectivity index (χ4v) is 4.65. The monoisotopic (exact) mass is 421 g/mol. The Morgan fingerprint density at radius 1 is 1.24 bits per heavy atom. The molecular weight excluding hydrogens is 398 g/mol. The molecule has 1 saturated heterocycles. The van der Waals surface area contributed by atoms with Crippen LogP contribution in [0.5, 0.6) is 0 Å². The minimum absolute atomic E-state index is 0.103. The lowest BCUT2D eigenvalue weighted by molar-refractivity contribution is -0.146. The number of carbonyl (C=O) groups is 2. The smallest absolute Gasteiger partial charge is 0.319 e. The van der Waals surface area contributed by atoms with E-state index in [1.54, 1.807) is 6.07 Å². The van der Waals surface area contributed by atoms with Gasteiger partial charge in [-0.05, 0) is 43.2 Å². The van der Waals surface area contributed by atoms with Gasteiger partial charge >= 0.3 is 12.0 Å². The Morgan fingerprint density at radius 2 is 2.00 bits per heavy atom. The zero-order chi connectivity index (χ0) is 20.9. The predicted molar refractivity (Wildman–Crippen MR) is 105 cm³/mol. The number of hydrogen-bond donors (Lipinski definition) is 2. The molecule has 10 heteroatoms. The van der Waals surface area contributed by atoms with Gasteiger partial charge in [0.2, 0.25) is 10.0 Å². The number of amides is 2. The Bertz CT molecular complexity index is 941. The molecule has 156 valence electrons. The number of anilines is 1. The summed E-state index contributed by atoms with van der Waals surface area (Å²) in [7, 11) is -2.44. The highest BCUT2D eigenvalue weighted by Crippen LogP contribution is 2.25. The molecule has 0 unspecified atom stereocenters.